The number of benzene rings is 2. The second-order valence-corrected chi connectivity index (χ2v) is 7.44. The summed E-state index contributed by atoms with van der Waals surface area (Å²) in [5.74, 6) is -1.22. The summed E-state index contributed by atoms with van der Waals surface area (Å²) in [6.07, 6.45) is 3.49. The Labute approximate surface area is 181 Å². The first kappa shape index (κ1) is 22.3. The molecule has 1 saturated heterocycles. The molecule has 0 atom stereocenters. The maximum absolute atomic E-state index is 12.4. The van der Waals surface area contributed by atoms with Crippen molar-refractivity contribution >= 4 is 28.9 Å². The highest BCUT2D eigenvalue weighted by Gasteiger charge is 2.24. The average molecular weight is 425 g/mol. The van der Waals surface area contributed by atoms with E-state index in [0.29, 0.717) is 5.69 Å². The van der Waals surface area contributed by atoms with E-state index in [9.17, 15) is 19.7 Å². The Morgan fingerprint density at radius 2 is 1.74 bits per heavy atom. The fourth-order valence-electron chi connectivity index (χ4n) is 3.82. The lowest BCUT2D eigenvalue weighted by Gasteiger charge is -2.17. The van der Waals surface area contributed by atoms with Crippen LogP contribution in [0.2, 0.25) is 0 Å². The number of nitro groups is 1. The fourth-order valence-corrected chi connectivity index (χ4v) is 3.82. The van der Waals surface area contributed by atoms with Crippen molar-refractivity contribution in [2.24, 2.45) is 0 Å². The first-order valence-corrected chi connectivity index (χ1v) is 10.6. The number of carbonyl (C=O) groups excluding carboxylic acids is 2. The molecule has 1 fully saturated rings. The molecular weight excluding hydrogens is 398 g/mol. The summed E-state index contributed by atoms with van der Waals surface area (Å²) < 4.78 is 5.12. The Morgan fingerprint density at radius 1 is 1.10 bits per heavy atom. The number of para-hydroxylation sites is 1. The standard InChI is InChI=1S/C23H27N3O5/c1-3-16-8-7-9-17(4-2)22(16)24-21(27)15-31-23(28)18-10-11-19(20(14-18)26(29)30)25-12-5-6-13-25/h7-11,14H,3-6,12-13,15H2,1-2H3,(H,24,27). The number of carbonyl (C=O) groups is 2. The van der Waals surface area contributed by atoms with Crippen LogP contribution in [-0.2, 0) is 22.4 Å². The first-order valence-electron chi connectivity index (χ1n) is 10.6. The molecular formula is C23H27N3O5. The molecule has 0 aromatic heterocycles. The van der Waals surface area contributed by atoms with Crippen molar-refractivity contribution in [2.45, 2.75) is 39.5 Å². The zero-order valence-electron chi connectivity index (χ0n) is 17.8. The molecule has 1 aliphatic heterocycles. The van der Waals surface area contributed by atoms with E-state index < -0.39 is 23.4 Å². The van der Waals surface area contributed by atoms with Gasteiger partial charge in [0.05, 0.1) is 10.5 Å². The quantitative estimate of drug-likeness (QED) is 0.388. The second kappa shape index (κ2) is 10.1. The number of aryl methyl sites for hydroxylation is 2. The monoisotopic (exact) mass is 425 g/mol. The largest absolute Gasteiger partial charge is 0.452 e. The van der Waals surface area contributed by atoms with Gasteiger partial charge in [0.2, 0.25) is 0 Å². The number of nitrogens with zero attached hydrogens (tertiary/aromatic N) is 2. The molecule has 0 unspecified atom stereocenters. The van der Waals surface area contributed by atoms with Crippen LogP contribution in [0.1, 0.15) is 48.2 Å². The molecule has 31 heavy (non-hydrogen) atoms. The van der Waals surface area contributed by atoms with E-state index >= 15 is 0 Å². The van der Waals surface area contributed by atoms with Crippen molar-refractivity contribution in [1.82, 2.24) is 0 Å². The Bertz CT molecular complexity index is 961. The van der Waals surface area contributed by atoms with Crippen molar-refractivity contribution in [3.05, 3.63) is 63.2 Å². The molecule has 2 aromatic rings. The number of esters is 1. The highest BCUT2D eigenvalue weighted by atomic mass is 16.6. The molecule has 8 nitrogen and oxygen atoms in total. The maximum Gasteiger partial charge on any atom is 0.338 e. The van der Waals surface area contributed by atoms with Crippen LogP contribution in [-0.4, -0.2) is 36.5 Å². The molecule has 1 aliphatic rings. The molecule has 1 amide bonds. The van der Waals surface area contributed by atoms with Gasteiger partial charge in [-0.15, -0.1) is 0 Å². The van der Waals surface area contributed by atoms with Gasteiger partial charge in [0.15, 0.2) is 6.61 Å². The van der Waals surface area contributed by atoms with Crippen molar-refractivity contribution in [2.75, 3.05) is 29.9 Å². The molecule has 0 bridgehead atoms. The number of amides is 1. The molecule has 1 N–H and O–H groups in total. The van der Waals surface area contributed by atoms with Gasteiger partial charge in [-0.1, -0.05) is 32.0 Å². The van der Waals surface area contributed by atoms with E-state index in [4.69, 9.17) is 4.74 Å². The Morgan fingerprint density at radius 3 is 2.32 bits per heavy atom. The van der Waals surface area contributed by atoms with Crippen molar-refractivity contribution in [3.8, 4) is 0 Å². The van der Waals surface area contributed by atoms with Crippen molar-refractivity contribution < 1.29 is 19.2 Å². The minimum atomic E-state index is -0.772. The smallest absolute Gasteiger partial charge is 0.338 e. The van der Waals surface area contributed by atoms with Crippen molar-refractivity contribution in [1.29, 1.82) is 0 Å². The summed E-state index contributed by atoms with van der Waals surface area (Å²) in [5.41, 5.74) is 3.18. The molecule has 0 radical (unpaired) electrons. The van der Waals surface area contributed by atoms with E-state index in [2.05, 4.69) is 5.32 Å². The highest BCUT2D eigenvalue weighted by Crippen LogP contribution is 2.32. The summed E-state index contributed by atoms with van der Waals surface area (Å²) in [6.45, 7) is 5.04. The second-order valence-electron chi connectivity index (χ2n) is 7.44. The first-order chi connectivity index (χ1) is 14.9. The molecule has 0 aliphatic carbocycles. The minimum absolute atomic E-state index is 0.0469. The molecule has 2 aromatic carbocycles. The lowest BCUT2D eigenvalue weighted by molar-refractivity contribution is -0.384. The molecule has 3 rings (SSSR count). The third kappa shape index (κ3) is 5.20. The van der Waals surface area contributed by atoms with E-state index in [1.54, 1.807) is 6.07 Å². The molecule has 8 heteroatoms. The van der Waals surface area contributed by atoms with Crippen LogP contribution in [0.4, 0.5) is 17.1 Å². The maximum atomic E-state index is 12.4. The minimum Gasteiger partial charge on any atom is -0.452 e. The molecule has 0 spiro atoms. The Hall–Kier alpha value is -3.42. The van der Waals surface area contributed by atoms with E-state index in [0.717, 1.165) is 55.6 Å². The molecule has 164 valence electrons. The fraction of sp³-hybridized carbons (Fsp3) is 0.391. The van der Waals surface area contributed by atoms with Gasteiger partial charge < -0.3 is 15.0 Å². The predicted octanol–water partition coefficient (Wildman–Crippen LogP) is 4.12. The normalized spacial score (nSPS) is 13.2. The van der Waals surface area contributed by atoms with Crippen LogP contribution < -0.4 is 10.2 Å². The lowest BCUT2D eigenvalue weighted by Crippen LogP contribution is -2.22. The van der Waals surface area contributed by atoms with Gasteiger partial charge in [-0.05, 0) is 48.9 Å². The van der Waals surface area contributed by atoms with Gasteiger partial charge in [-0.25, -0.2) is 4.79 Å². The SMILES string of the molecule is CCc1cccc(CC)c1NC(=O)COC(=O)c1ccc(N2CCCC2)c([N+](=O)[O-])c1. The van der Waals surface area contributed by atoms with Crippen LogP contribution in [0.5, 0.6) is 0 Å². The van der Waals surface area contributed by atoms with Crippen LogP contribution in [0, 0.1) is 10.1 Å². The van der Waals surface area contributed by atoms with E-state index in [1.807, 2.05) is 36.9 Å². The molecule has 0 saturated carbocycles. The Balaban J connectivity index is 1.68. The number of hydrogen-bond donors (Lipinski definition) is 1. The van der Waals surface area contributed by atoms with Gasteiger partial charge >= 0.3 is 5.97 Å². The predicted molar refractivity (Wildman–Crippen MR) is 119 cm³/mol. The third-order valence-electron chi connectivity index (χ3n) is 5.45. The zero-order chi connectivity index (χ0) is 22.4. The summed E-state index contributed by atoms with van der Waals surface area (Å²) >= 11 is 0. The van der Waals surface area contributed by atoms with Gasteiger partial charge in [0.25, 0.3) is 11.6 Å². The van der Waals surface area contributed by atoms with Gasteiger partial charge in [-0.3, -0.25) is 14.9 Å². The average Bonchev–Trinajstić information content (AvgIpc) is 3.32. The number of ether oxygens (including phenoxy) is 1. The van der Waals surface area contributed by atoms with Crippen LogP contribution >= 0.6 is 0 Å². The van der Waals surface area contributed by atoms with Gasteiger partial charge in [0.1, 0.15) is 5.69 Å². The van der Waals surface area contributed by atoms with E-state index in [-0.39, 0.29) is 11.3 Å². The van der Waals surface area contributed by atoms with Crippen LogP contribution in [0.15, 0.2) is 36.4 Å². The Kier molecular flexibility index (Phi) is 7.23. The van der Waals surface area contributed by atoms with Crippen LogP contribution in [0.25, 0.3) is 0 Å². The van der Waals surface area contributed by atoms with Gasteiger partial charge in [0, 0.05) is 24.8 Å². The van der Waals surface area contributed by atoms with Gasteiger partial charge in [-0.2, -0.15) is 0 Å². The van der Waals surface area contributed by atoms with Crippen LogP contribution in [0.3, 0.4) is 0 Å². The third-order valence-corrected chi connectivity index (χ3v) is 5.45. The zero-order valence-corrected chi connectivity index (χ0v) is 17.8. The number of anilines is 2. The lowest BCUT2D eigenvalue weighted by atomic mass is 10.0. The number of hydrogen-bond acceptors (Lipinski definition) is 6. The molecule has 1 heterocycles. The number of nitro benzene ring substituents is 1. The summed E-state index contributed by atoms with van der Waals surface area (Å²) in [4.78, 5) is 37.8. The summed E-state index contributed by atoms with van der Waals surface area (Å²) in [6, 6.07) is 10.1. The summed E-state index contributed by atoms with van der Waals surface area (Å²) in [5, 5.41) is 14.3. The summed E-state index contributed by atoms with van der Waals surface area (Å²) in [7, 11) is 0. The highest BCUT2D eigenvalue weighted by molar-refractivity contribution is 5.97. The number of rotatable bonds is 8. The topological polar surface area (TPSA) is 102 Å². The number of nitrogens with one attached hydrogen (secondary N) is 1. The van der Waals surface area contributed by atoms with Crippen molar-refractivity contribution in [3.63, 3.8) is 0 Å². The van der Waals surface area contributed by atoms with E-state index in [1.165, 1.54) is 12.1 Å².